The number of carbonyl (C=O) groups is 3. The lowest BCUT2D eigenvalue weighted by atomic mass is 9.88. The van der Waals surface area contributed by atoms with Gasteiger partial charge < -0.3 is 10.1 Å². The molecule has 0 heterocycles. The highest BCUT2D eigenvalue weighted by atomic mass is 35.5. The van der Waals surface area contributed by atoms with Crippen LogP contribution in [0.3, 0.4) is 0 Å². The molecule has 1 aliphatic rings. The van der Waals surface area contributed by atoms with Crippen LogP contribution in [-0.4, -0.2) is 35.7 Å². The summed E-state index contributed by atoms with van der Waals surface area (Å²) in [4.78, 5) is 46.2. The first-order valence-corrected chi connectivity index (χ1v) is 8.98. The predicted molar refractivity (Wildman–Crippen MR) is 98.3 cm³/mol. The van der Waals surface area contributed by atoms with E-state index in [1.807, 2.05) is 0 Å². The molecular formula is C17H18Cl2N2O6. The third-order valence-electron chi connectivity index (χ3n) is 4.50. The molecule has 2 rings (SSSR count). The maximum atomic E-state index is 12.0. The van der Waals surface area contributed by atoms with Crippen molar-refractivity contribution in [3.05, 3.63) is 38.4 Å². The van der Waals surface area contributed by atoms with Crippen LogP contribution >= 0.6 is 23.2 Å². The maximum Gasteiger partial charge on any atom is 0.307 e. The fourth-order valence-electron chi connectivity index (χ4n) is 3.16. The van der Waals surface area contributed by atoms with Gasteiger partial charge in [0.05, 0.1) is 17.1 Å². The average molecular weight is 417 g/mol. The predicted octanol–water partition coefficient (Wildman–Crippen LogP) is 2.98. The SMILES string of the molecule is C[C@@H]1CC(=O)[C@@H](CC(=O)OCC(=O)Nc2cc(Cl)ccc2Cl)[C@@H]1C[N+](=O)[O-]. The number of hydrogen-bond donors (Lipinski definition) is 1. The number of ketones is 1. The Labute approximate surface area is 165 Å². The Morgan fingerprint density at radius 3 is 2.74 bits per heavy atom. The van der Waals surface area contributed by atoms with Crippen molar-refractivity contribution in [3.63, 3.8) is 0 Å². The van der Waals surface area contributed by atoms with E-state index in [2.05, 4.69) is 5.32 Å². The van der Waals surface area contributed by atoms with E-state index < -0.39 is 35.2 Å². The zero-order valence-electron chi connectivity index (χ0n) is 14.4. The molecule has 0 radical (unpaired) electrons. The maximum absolute atomic E-state index is 12.0. The van der Waals surface area contributed by atoms with Gasteiger partial charge in [-0.15, -0.1) is 0 Å². The second kappa shape index (κ2) is 9.14. The molecule has 1 N–H and O–H groups in total. The third-order valence-corrected chi connectivity index (χ3v) is 5.06. The van der Waals surface area contributed by atoms with E-state index in [0.29, 0.717) is 5.02 Å². The molecule has 1 aromatic carbocycles. The van der Waals surface area contributed by atoms with Crippen molar-refractivity contribution in [1.82, 2.24) is 0 Å². The summed E-state index contributed by atoms with van der Waals surface area (Å²) in [5.41, 5.74) is 0.274. The van der Waals surface area contributed by atoms with Gasteiger partial charge in [0, 0.05) is 28.2 Å². The van der Waals surface area contributed by atoms with Crippen LogP contribution in [0.25, 0.3) is 0 Å². The van der Waals surface area contributed by atoms with Crippen molar-refractivity contribution in [2.75, 3.05) is 18.5 Å². The van der Waals surface area contributed by atoms with Crippen LogP contribution in [0.1, 0.15) is 19.8 Å². The van der Waals surface area contributed by atoms with E-state index in [-0.39, 0.29) is 41.8 Å². The van der Waals surface area contributed by atoms with Gasteiger partial charge in [-0.1, -0.05) is 30.1 Å². The Balaban J connectivity index is 1.87. The van der Waals surface area contributed by atoms with Crippen LogP contribution in [0.4, 0.5) is 5.69 Å². The molecule has 3 atom stereocenters. The molecule has 0 unspecified atom stereocenters. The first-order valence-electron chi connectivity index (χ1n) is 8.22. The highest BCUT2D eigenvalue weighted by molar-refractivity contribution is 6.35. The van der Waals surface area contributed by atoms with Crippen LogP contribution < -0.4 is 5.32 Å². The molecule has 1 amide bonds. The van der Waals surface area contributed by atoms with Gasteiger partial charge in [0.15, 0.2) is 6.61 Å². The monoisotopic (exact) mass is 416 g/mol. The summed E-state index contributed by atoms with van der Waals surface area (Å²) in [6, 6.07) is 4.51. The van der Waals surface area contributed by atoms with Crippen molar-refractivity contribution in [3.8, 4) is 0 Å². The number of nitrogens with zero attached hydrogens (tertiary/aromatic N) is 1. The van der Waals surface area contributed by atoms with E-state index in [1.165, 1.54) is 12.1 Å². The molecule has 0 aromatic heterocycles. The standard InChI is InChI=1S/C17H18Cl2N2O6/c1-9-4-15(22)11(12(9)7-21(25)26)6-17(24)27-8-16(23)20-14-5-10(18)2-3-13(14)19/h2-3,5,9,11-12H,4,6-8H2,1H3,(H,20,23)/t9-,11+,12-/m1/s1. The van der Waals surface area contributed by atoms with E-state index >= 15 is 0 Å². The summed E-state index contributed by atoms with van der Waals surface area (Å²) in [7, 11) is 0. The molecule has 146 valence electrons. The van der Waals surface area contributed by atoms with Gasteiger partial charge in [0.2, 0.25) is 6.54 Å². The van der Waals surface area contributed by atoms with Crippen LogP contribution in [0, 0.1) is 27.9 Å². The molecule has 0 bridgehead atoms. The number of halogens is 2. The van der Waals surface area contributed by atoms with Crippen molar-refractivity contribution in [2.45, 2.75) is 19.8 Å². The minimum absolute atomic E-state index is 0.172. The van der Waals surface area contributed by atoms with Crippen molar-refractivity contribution in [2.24, 2.45) is 17.8 Å². The summed E-state index contributed by atoms with van der Waals surface area (Å²) in [6.45, 7) is 0.802. The summed E-state index contributed by atoms with van der Waals surface area (Å²) >= 11 is 11.8. The summed E-state index contributed by atoms with van der Waals surface area (Å²) < 4.78 is 4.90. The Hall–Kier alpha value is -2.19. The van der Waals surface area contributed by atoms with Crippen molar-refractivity contribution < 1.29 is 24.0 Å². The fourth-order valence-corrected chi connectivity index (χ4v) is 3.50. The Kier molecular flexibility index (Phi) is 7.15. The molecule has 27 heavy (non-hydrogen) atoms. The molecule has 1 saturated carbocycles. The number of Topliss-reactive ketones (excluding diaryl/α,β-unsaturated/α-hetero) is 1. The smallest absolute Gasteiger partial charge is 0.307 e. The normalized spacial score (nSPS) is 21.7. The molecule has 8 nitrogen and oxygen atoms in total. The number of nitrogens with one attached hydrogen (secondary N) is 1. The quantitative estimate of drug-likeness (QED) is 0.414. The number of carbonyl (C=O) groups excluding carboxylic acids is 3. The molecule has 0 saturated heterocycles. The lowest BCUT2D eigenvalue weighted by Crippen LogP contribution is -2.28. The zero-order chi connectivity index (χ0) is 20.1. The van der Waals surface area contributed by atoms with Crippen molar-refractivity contribution in [1.29, 1.82) is 0 Å². The second-order valence-corrected chi connectivity index (χ2v) is 7.31. The number of rotatable bonds is 7. The van der Waals surface area contributed by atoms with Gasteiger partial charge in [-0.25, -0.2) is 0 Å². The van der Waals surface area contributed by atoms with Crippen LogP contribution in [0.2, 0.25) is 10.0 Å². The Morgan fingerprint density at radius 1 is 1.37 bits per heavy atom. The minimum atomic E-state index is -0.761. The highest BCUT2D eigenvalue weighted by Crippen LogP contribution is 2.36. The van der Waals surface area contributed by atoms with E-state index in [9.17, 15) is 24.5 Å². The van der Waals surface area contributed by atoms with Crippen LogP contribution in [-0.2, 0) is 19.1 Å². The van der Waals surface area contributed by atoms with E-state index in [0.717, 1.165) is 0 Å². The number of amides is 1. The summed E-state index contributed by atoms with van der Waals surface area (Å²) in [5, 5.41) is 13.9. The second-order valence-electron chi connectivity index (χ2n) is 6.47. The summed E-state index contributed by atoms with van der Waals surface area (Å²) in [6.07, 6.45) is -0.0862. The van der Waals surface area contributed by atoms with E-state index in [4.69, 9.17) is 27.9 Å². The molecule has 0 aliphatic heterocycles. The molecule has 10 heteroatoms. The summed E-state index contributed by atoms with van der Waals surface area (Å²) in [5.74, 6) is -3.03. The minimum Gasteiger partial charge on any atom is -0.456 e. The molecule has 0 spiro atoms. The third kappa shape index (κ3) is 5.90. The number of hydrogen-bond acceptors (Lipinski definition) is 6. The number of esters is 1. The molecule has 1 aromatic rings. The first-order chi connectivity index (χ1) is 12.7. The number of benzene rings is 1. The first kappa shape index (κ1) is 21.1. The topological polar surface area (TPSA) is 116 Å². The number of nitro groups is 1. The zero-order valence-corrected chi connectivity index (χ0v) is 16.0. The van der Waals surface area contributed by atoms with Gasteiger partial charge >= 0.3 is 5.97 Å². The fraction of sp³-hybridized carbons (Fsp3) is 0.471. The largest absolute Gasteiger partial charge is 0.456 e. The van der Waals surface area contributed by atoms with Gasteiger partial charge in [-0.2, -0.15) is 0 Å². The van der Waals surface area contributed by atoms with Crippen molar-refractivity contribution >= 4 is 46.5 Å². The van der Waals surface area contributed by atoms with Gasteiger partial charge in [0.1, 0.15) is 5.78 Å². The van der Waals surface area contributed by atoms with Crippen LogP contribution in [0.5, 0.6) is 0 Å². The average Bonchev–Trinajstić information content (AvgIpc) is 2.83. The van der Waals surface area contributed by atoms with E-state index in [1.54, 1.807) is 13.0 Å². The lowest BCUT2D eigenvalue weighted by molar-refractivity contribution is -0.490. The highest BCUT2D eigenvalue weighted by Gasteiger charge is 2.44. The number of ether oxygens (including phenoxy) is 1. The van der Waals surface area contributed by atoms with Gasteiger partial charge in [0.25, 0.3) is 5.91 Å². The Bertz CT molecular complexity index is 770. The van der Waals surface area contributed by atoms with Gasteiger partial charge in [-0.05, 0) is 24.1 Å². The molecule has 1 fully saturated rings. The molecular weight excluding hydrogens is 399 g/mol. The van der Waals surface area contributed by atoms with Crippen LogP contribution in [0.15, 0.2) is 18.2 Å². The lowest BCUT2D eigenvalue weighted by Gasteiger charge is -2.17. The number of anilines is 1. The Morgan fingerprint density at radius 2 is 2.07 bits per heavy atom. The molecule has 1 aliphatic carbocycles. The van der Waals surface area contributed by atoms with Gasteiger partial charge in [-0.3, -0.25) is 24.5 Å².